The van der Waals surface area contributed by atoms with E-state index in [0.717, 1.165) is 5.76 Å². The zero-order chi connectivity index (χ0) is 15.1. The van der Waals surface area contributed by atoms with Gasteiger partial charge in [0.2, 0.25) is 11.8 Å². The minimum Gasteiger partial charge on any atom is -0.466 e. The van der Waals surface area contributed by atoms with Crippen LogP contribution in [0.5, 0.6) is 0 Å². The van der Waals surface area contributed by atoms with Crippen molar-refractivity contribution < 1.29 is 18.8 Å². The van der Waals surface area contributed by atoms with Crippen LogP contribution in [0.1, 0.15) is 34.7 Å². The van der Waals surface area contributed by atoms with Crippen molar-refractivity contribution in [3.8, 4) is 0 Å². The average molecular weight is 290 g/mol. The summed E-state index contributed by atoms with van der Waals surface area (Å²) in [6, 6.07) is 1.75. The van der Waals surface area contributed by atoms with Crippen LogP contribution in [-0.4, -0.2) is 47.2 Å². The molecule has 0 aromatic carbocycles. The molecule has 6 heteroatoms. The molecule has 1 aromatic heterocycles. The van der Waals surface area contributed by atoms with Crippen LogP contribution in [0.4, 0.5) is 0 Å². The van der Waals surface area contributed by atoms with Gasteiger partial charge in [0.15, 0.2) is 0 Å². The molecule has 0 unspecified atom stereocenters. The lowest BCUT2D eigenvalue weighted by molar-refractivity contribution is -0.139. The van der Waals surface area contributed by atoms with Crippen LogP contribution in [0.2, 0.25) is 0 Å². The standard InChI is InChI=1S/C15H18N2O4/c1-9-5-12(10(2)21-9)15(20)16-6-11(7-16)8-17-13(18)3-4-14(17)19/h5,11H,3-4,6-8H2,1-2H3. The molecular formula is C15H18N2O4. The fourth-order valence-corrected chi connectivity index (χ4v) is 2.95. The number of nitrogens with zero attached hydrogens (tertiary/aromatic N) is 2. The monoisotopic (exact) mass is 290 g/mol. The van der Waals surface area contributed by atoms with E-state index in [1.807, 2.05) is 6.92 Å². The summed E-state index contributed by atoms with van der Waals surface area (Å²) in [7, 11) is 0. The van der Waals surface area contributed by atoms with E-state index >= 15 is 0 Å². The SMILES string of the molecule is Cc1cc(C(=O)N2CC(CN3C(=O)CCC3=O)C2)c(C)o1. The van der Waals surface area contributed by atoms with Gasteiger partial charge in [0.1, 0.15) is 11.5 Å². The highest BCUT2D eigenvalue weighted by Gasteiger charge is 2.37. The lowest BCUT2D eigenvalue weighted by atomic mass is 9.98. The van der Waals surface area contributed by atoms with Crippen LogP contribution in [0.3, 0.4) is 0 Å². The largest absolute Gasteiger partial charge is 0.466 e. The van der Waals surface area contributed by atoms with Crippen LogP contribution in [0.25, 0.3) is 0 Å². The Morgan fingerprint density at radius 2 is 1.86 bits per heavy atom. The normalized spacial score (nSPS) is 19.3. The Morgan fingerprint density at radius 3 is 2.38 bits per heavy atom. The minimum atomic E-state index is -0.0916. The zero-order valence-electron chi connectivity index (χ0n) is 12.2. The van der Waals surface area contributed by atoms with Gasteiger partial charge in [-0.3, -0.25) is 19.3 Å². The molecule has 3 amide bonds. The van der Waals surface area contributed by atoms with E-state index in [2.05, 4.69) is 0 Å². The molecule has 2 aliphatic rings. The fraction of sp³-hybridized carbons (Fsp3) is 0.533. The predicted octanol–water partition coefficient (Wildman–Crippen LogP) is 1.12. The number of rotatable bonds is 3. The number of carbonyl (C=O) groups excluding carboxylic acids is 3. The Kier molecular flexibility index (Phi) is 3.31. The van der Waals surface area contributed by atoms with Crippen molar-refractivity contribution in [2.75, 3.05) is 19.6 Å². The van der Waals surface area contributed by atoms with Crippen molar-refractivity contribution in [1.29, 1.82) is 0 Å². The van der Waals surface area contributed by atoms with E-state index in [1.165, 1.54) is 4.90 Å². The molecule has 0 N–H and O–H groups in total. The average Bonchev–Trinajstić information content (AvgIpc) is 2.87. The summed E-state index contributed by atoms with van der Waals surface area (Å²) in [5, 5.41) is 0. The third-order valence-electron chi connectivity index (χ3n) is 4.11. The predicted molar refractivity (Wildman–Crippen MR) is 73.5 cm³/mol. The molecule has 0 radical (unpaired) electrons. The minimum absolute atomic E-state index is 0.0420. The highest BCUT2D eigenvalue weighted by atomic mass is 16.3. The van der Waals surface area contributed by atoms with E-state index in [0.29, 0.717) is 43.8 Å². The van der Waals surface area contributed by atoms with Crippen LogP contribution in [0, 0.1) is 19.8 Å². The summed E-state index contributed by atoms with van der Waals surface area (Å²) in [4.78, 5) is 38.5. The van der Waals surface area contributed by atoms with E-state index in [4.69, 9.17) is 4.42 Å². The Hall–Kier alpha value is -2.11. The van der Waals surface area contributed by atoms with Crippen LogP contribution in [-0.2, 0) is 9.59 Å². The summed E-state index contributed by atoms with van der Waals surface area (Å²) < 4.78 is 5.37. The van der Waals surface area contributed by atoms with Gasteiger partial charge in [0, 0.05) is 38.4 Å². The maximum atomic E-state index is 12.3. The first-order valence-corrected chi connectivity index (χ1v) is 7.15. The number of hydrogen-bond donors (Lipinski definition) is 0. The molecule has 2 saturated heterocycles. The molecular weight excluding hydrogens is 272 g/mol. The van der Waals surface area contributed by atoms with Crippen molar-refractivity contribution >= 4 is 17.7 Å². The second kappa shape index (κ2) is 5.02. The molecule has 2 aliphatic heterocycles. The number of amides is 3. The third kappa shape index (κ3) is 2.46. The van der Waals surface area contributed by atoms with Crippen LogP contribution >= 0.6 is 0 Å². The molecule has 21 heavy (non-hydrogen) atoms. The Bertz CT molecular complexity index is 597. The first-order valence-electron chi connectivity index (χ1n) is 7.15. The number of carbonyl (C=O) groups is 3. The summed E-state index contributed by atoms with van der Waals surface area (Å²) in [5.74, 6) is 1.32. The number of aryl methyl sites for hydroxylation is 2. The molecule has 112 valence electrons. The summed E-state index contributed by atoms with van der Waals surface area (Å²) in [6.45, 7) is 5.19. The second-order valence-electron chi connectivity index (χ2n) is 5.80. The second-order valence-corrected chi connectivity index (χ2v) is 5.80. The molecule has 2 fully saturated rings. The van der Waals surface area contributed by atoms with Crippen molar-refractivity contribution in [1.82, 2.24) is 9.80 Å². The lowest BCUT2D eigenvalue weighted by Gasteiger charge is -2.40. The summed E-state index contributed by atoms with van der Waals surface area (Å²) in [5.41, 5.74) is 0.597. The Labute approximate surface area is 122 Å². The van der Waals surface area contributed by atoms with Gasteiger partial charge in [0.05, 0.1) is 5.56 Å². The van der Waals surface area contributed by atoms with Crippen molar-refractivity contribution in [2.24, 2.45) is 5.92 Å². The van der Waals surface area contributed by atoms with Gasteiger partial charge in [-0.25, -0.2) is 0 Å². The smallest absolute Gasteiger partial charge is 0.257 e. The molecule has 1 aromatic rings. The number of likely N-dealkylation sites (tertiary alicyclic amines) is 2. The Balaban J connectivity index is 1.56. The first-order chi connectivity index (χ1) is 9.95. The summed E-state index contributed by atoms with van der Waals surface area (Å²) in [6.07, 6.45) is 0.642. The van der Waals surface area contributed by atoms with Crippen LogP contribution in [0.15, 0.2) is 10.5 Å². The topological polar surface area (TPSA) is 70.8 Å². The number of hydrogen-bond acceptors (Lipinski definition) is 4. The van der Waals surface area contributed by atoms with Gasteiger partial charge < -0.3 is 9.32 Å². The highest BCUT2D eigenvalue weighted by Crippen LogP contribution is 2.24. The molecule has 0 aliphatic carbocycles. The van der Waals surface area contributed by atoms with Crippen LogP contribution < -0.4 is 0 Å². The van der Waals surface area contributed by atoms with Crippen molar-refractivity contribution in [2.45, 2.75) is 26.7 Å². The molecule has 0 bridgehead atoms. The van der Waals surface area contributed by atoms with Gasteiger partial charge >= 0.3 is 0 Å². The third-order valence-corrected chi connectivity index (χ3v) is 4.11. The quantitative estimate of drug-likeness (QED) is 0.782. The van der Waals surface area contributed by atoms with E-state index in [1.54, 1.807) is 17.9 Å². The van der Waals surface area contributed by atoms with E-state index in [-0.39, 0.29) is 23.6 Å². The van der Waals surface area contributed by atoms with Gasteiger partial charge in [-0.15, -0.1) is 0 Å². The van der Waals surface area contributed by atoms with E-state index < -0.39 is 0 Å². The highest BCUT2D eigenvalue weighted by molar-refractivity contribution is 6.02. The Morgan fingerprint density at radius 1 is 1.24 bits per heavy atom. The van der Waals surface area contributed by atoms with Gasteiger partial charge in [-0.05, 0) is 19.9 Å². The fourth-order valence-electron chi connectivity index (χ4n) is 2.95. The van der Waals surface area contributed by atoms with Gasteiger partial charge in [-0.1, -0.05) is 0 Å². The number of furan rings is 1. The first kappa shape index (κ1) is 13.9. The lowest BCUT2D eigenvalue weighted by Crippen LogP contribution is -2.54. The van der Waals surface area contributed by atoms with Gasteiger partial charge in [-0.2, -0.15) is 0 Å². The van der Waals surface area contributed by atoms with Gasteiger partial charge in [0.25, 0.3) is 5.91 Å². The molecule has 6 nitrogen and oxygen atoms in total. The molecule has 0 saturated carbocycles. The molecule has 3 rings (SSSR count). The summed E-state index contributed by atoms with van der Waals surface area (Å²) >= 11 is 0. The van der Waals surface area contributed by atoms with Crippen molar-refractivity contribution in [3.63, 3.8) is 0 Å². The van der Waals surface area contributed by atoms with E-state index in [9.17, 15) is 14.4 Å². The zero-order valence-corrected chi connectivity index (χ0v) is 12.2. The number of imide groups is 1. The van der Waals surface area contributed by atoms with Crippen molar-refractivity contribution in [3.05, 3.63) is 23.2 Å². The maximum Gasteiger partial charge on any atom is 0.257 e. The molecule has 0 spiro atoms. The molecule has 3 heterocycles. The maximum absolute atomic E-state index is 12.3. The molecule has 0 atom stereocenters.